The Morgan fingerprint density at radius 2 is 1.53 bits per heavy atom. The van der Waals surface area contributed by atoms with Gasteiger partial charge >= 0.3 is 0 Å². The molecule has 0 spiro atoms. The molecule has 2 heteroatoms. The van der Waals surface area contributed by atoms with Gasteiger partial charge in [-0.25, -0.2) is 0 Å². The molecule has 1 rings (SSSR count). The molecule has 0 aromatic heterocycles. The summed E-state index contributed by atoms with van der Waals surface area (Å²) in [5.74, 6) is 1.10. The lowest BCUT2D eigenvalue weighted by Gasteiger charge is -2.29. The van der Waals surface area contributed by atoms with Crippen LogP contribution in [0.3, 0.4) is 0 Å². The molecule has 0 atom stereocenters. The molecule has 0 amide bonds. The minimum absolute atomic E-state index is 0.0424. The number of phenolic OH excluding ortho intramolecular Hbond substituents is 1. The Morgan fingerprint density at radius 1 is 1.00 bits per heavy atom. The standard InChI is InChI=1S/C15H24OS/c1-14(2,3)11-8-7-10(9-17)12(13(11)16)15(4,5)6/h7-8,16-17H,9H2,1-6H3. The van der Waals surface area contributed by atoms with Crippen molar-refractivity contribution >= 4 is 12.6 Å². The summed E-state index contributed by atoms with van der Waals surface area (Å²) < 4.78 is 0. The Hall–Kier alpha value is -0.630. The Kier molecular flexibility index (Phi) is 3.87. The van der Waals surface area contributed by atoms with Crippen molar-refractivity contribution in [2.24, 2.45) is 0 Å². The normalized spacial score (nSPS) is 12.9. The van der Waals surface area contributed by atoms with Crippen LogP contribution in [0.4, 0.5) is 0 Å². The van der Waals surface area contributed by atoms with E-state index in [2.05, 4.69) is 60.2 Å². The summed E-state index contributed by atoms with van der Waals surface area (Å²) in [5.41, 5.74) is 3.04. The SMILES string of the molecule is CC(C)(C)c1ccc(CS)c(C(C)(C)C)c1O. The van der Waals surface area contributed by atoms with Gasteiger partial charge < -0.3 is 5.11 Å². The topological polar surface area (TPSA) is 20.2 Å². The van der Waals surface area contributed by atoms with Crippen LogP contribution < -0.4 is 0 Å². The highest BCUT2D eigenvalue weighted by Gasteiger charge is 2.27. The van der Waals surface area contributed by atoms with Crippen LogP contribution in [-0.2, 0) is 16.6 Å². The third-order valence-electron chi connectivity index (χ3n) is 2.99. The van der Waals surface area contributed by atoms with Crippen LogP contribution in [0.25, 0.3) is 0 Å². The predicted molar refractivity (Wildman–Crippen MR) is 78.2 cm³/mol. The minimum Gasteiger partial charge on any atom is -0.507 e. The fourth-order valence-corrected chi connectivity index (χ4v) is 2.47. The van der Waals surface area contributed by atoms with Crippen LogP contribution in [0.15, 0.2) is 12.1 Å². The Labute approximate surface area is 111 Å². The monoisotopic (exact) mass is 252 g/mol. The first kappa shape index (κ1) is 14.4. The van der Waals surface area contributed by atoms with Crippen molar-refractivity contribution in [1.29, 1.82) is 0 Å². The minimum atomic E-state index is -0.0661. The molecule has 0 fully saturated rings. The van der Waals surface area contributed by atoms with Crippen LogP contribution in [0.1, 0.15) is 58.2 Å². The first-order valence-corrected chi connectivity index (χ1v) is 6.69. The Morgan fingerprint density at radius 3 is 1.88 bits per heavy atom. The molecule has 0 saturated heterocycles. The lowest BCUT2D eigenvalue weighted by atomic mass is 9.77. The van der Waals surface area contributed by atoms with E-state index in [0.29, 0.717) is 11.5 Å². The van der Waals surface area contributed by atoms with Crippen molar-refractivity contribution in [3.05, 3.63) is 28.8 Å². The number of phenols is 1. The fraction of sp³-hybridized carbons (Fsp3) is 0.600. The van der Waals surface area contributed by atoms with Gasteiger partial charge in [-0.3, -0.25) is 0 Å². The second-order valence-corrected chi connectivity index (χ2v) is 6.97. The molecular weight excluding hydrogens is 228 g/mol. The number of rotatable bonds is 1. The summed E-state index contributed by atoms with van der Waals surface area (Å²) in [5, 5.41) is 10.5. The number of hydrogen-bond acceptors (Lipinski definition) is 2. The molecule has 1 N–H and O–H groups in total. The molecule has 1 nitrogen and oxygen atoms in total. The number of aromatic hydroxyl groups is 1. The number of thiol groups is 1. The van der Waals surface area contributed by atoms with Crippen molar-refractivity contribution < 1.29 is 5.11 Å². The first-order chi connectivity index (χ1) is 7.59. The van der Waals surface area contributed by atoms with Gasteiger partial charge in [0.05, 0.1) is 0 Å². The van der Waals surface area contributed by atoms with Crippen LogP contribution >= 0.6 is 12.6 Å². The Bertz CT molecular complexity index is 408. The van der Waals surface area contributed by atoms with Crippen molar-refractivity contribution in [3.63, 3.8) is 0 Å². The molecule has 0 radical (unpaired) electrons. The van der Waals surface area contributed by atoms with Crippen LogP contribution in [0.2, 0.25) is 0 Å². The van der Waals surface area contributed by atoms with Crippen molar-refractivity contribution in [1.82, 2.24) is 0 Å². The molecule has 17 heavy (non-hydrogen) atoms. The van der Waals surface area contributed by atoms with E-state index in [0.717, 1.165) is 16.7 Å². The molecule has 0 heterocycles. The molecule has 0 aliphatic carbocycles. The van der Waals surface area contributed by atoms with Gasteiger partial charge in [-0.2, -0.15) is 12.6 Å². The van der Waals surface area contributed by atoms with E-state index in [1.165, 1.54) is 0 Å². The summed E-state index contributed by atoms with van der Waals surface area (Å²) in [6.45, 7) is 12.7. The summed E-state index contributed by atoms with van der Waals surface area (Å²) in [4.78, 5) is 0. The van der Waals surface area contributed by atoms with Gasteiger partial charge in [0.15, 0.2) is 0 Å². The molecule has 0 bridgehead atoms. The maximum absolute atomic E-state index is 10.5. The van der Waals surface area contributed by atoms with Crippen LogP contribution in [0, 0.1) is 0 Å². The lowest BCUT2D eigenvalue weighted by Crippen LogP contribution is -2.18. The van der Waals surface area contributed by atoms with E-state index in [1.807, 2.05) is 6.07 Å². The average Bonchev–Trinajstić information content (AvgIpc) is 2.12. The Balaban J connectivity index is 3.55. The third-order valence-corrected chi connectivity index (χ3v) is 3.33. The molecule has 1 aromatic rings. The molecule has 96 valence electrons. The molecule has 0 aliphatic heterocycles. The van der Waals surface area contributed by atoms with E-state index in [4.69, 9.17) is 0 Å². The first-order valence-electron chi connectivity index (χ1n) is 6.05. The summed E-state index contributed by atoms with van der Waals surface area (Å²) in [6.07, 6.45) is 0. The maximum Gasteiger partial charge on any atom is 0.123 e. The number of hydrogen-bond donors (Lipinski definition) is 2. The van der Waals surface area contributed by atoms with Gasteiger partial charge in [-0.05, 0) is 22.0 Å². The molecule has 0 saturated carbocycles. The quantitative estimate of drug-likeness (QED) is 0.709. The second-order valence-electron chi connectivity index (χ2n) is 6.65. The fourth-order valence-electron chi connectivity index (χ4n) is 2.21. The van der Waals surface area contributed by atoms with E-state index >= 15 is 0 Å². The third kappa shape index (κ3) is 2.98. The second kappa shape index (κ2) is 4.56. The van der Waals surface area contributed by atoms with Crippen molar-refractivity contribution in [2.45, 2.75) is 58.1 Å². The van der Waals surface area contributed by atoms with Crippen LogP contribution in [-0.4, -0.2) is 5.11 Å². The van der Waals surface area contributed by atoms with E-state index in [9.17, 15) is 5.11 Å². The highest BCUT2D eigenvalue weighted by Crippen LogP contribution is 2.41. The summed E-state index contributed by atoms with van der Waals surface area (Å²) >= 11 is 4.35. The molecule has 0 unspecified atom stereocenters. The van der Waals surface area contributed by atoms with Gasteiger partial charge in [0.1, 0.15) is 5.75 Å². The summed E-state index contributed by atoms with van der Waals surface area (Å²) in [7, 11) is 0. The van der Waals surface area contributed by atoms with Gasteiger partial charge in [-0.1, -0.05) is 53.7 Å². The highest BCUT2D eigenvalue weighted by atomic mass is 32.1. The van der Waals surface area contributed by atoms with E-state index in [-0.39, 0.29) is 10.8 Å². The zero-order valence-corrected chi connectivity index (χ0v) is 12.7. The molecule has 0 aliphatic rings. The van der Waals surface area contributed by atoms with Gasteiger partial charge in [0.25, 0.3) is 0 Å². The van der Waals surface area contributed by atoms with Crippen LogP contribution in [0.5, 0.6) is 5.75 Å². The zero-order valence-electron chi connectivity index (χ0n) is 11.8. The largest absolute Gasteiger partial charge is 0.507 e. The summed E-state index contributed by atoms with van der Waals surface area (Å²) in [6, 6.07) is 4.12. The molecular formula is C15H24OS. The average molecular weight is 252 g/mol. The lowest BCUT2D eigenvalue weighted by molar-refractivity contribution is 0.422. The van der Waals surface area contributed by atoms with Gasteiger partial charge in [-0.15, -0.1) is 0 Å². The van der Waals surface area contributed by atoms with E-state index < -0.39 is 0 Å². The van der Waals surface area contributed by atoms with E-state index in [1.54, 1.807) is 0 Å². The molecule has 1 aromatic carbocycles. The van der Waals surface area contributed by atoms with Crippen molar-refractivity contribution in [3.8, 4) is 5.75 Å². The zero-order chi connectivity index (χ0) is 13.4. The van der Waals surface area contributed by atoms with Crippen molar-refractivity contribution in [2.75, 3.05) is 0 Å². The predicted octanol–water partition coefficient (Wildman–Crippen LogP) is 4.42. The smallest absolute Gasteiger partial charge is 0.123 e. The van der Waals surface area contributed by atoms with Gasteiger partial charge in [0.2, 0.25) is 0 Å². The van der Waals surface area contributed by atoms with Gasteiger partial charge in [0, 0.05) is 11.3 Å². The number of benzene rings is 1. The maximum atomic E-state index is 10.5. The highest BCUT2D eigenvalue weighted by molar-refractivity contribution is 7.79.